The van der Waals surface area contributed by atoms with Crippen LogP contribution in [0.3, 0.4) is 0 Å². The predicted molar refractivity (Wildman–Crippen MR) is 84.5 cm³/mol. The number of Topliss-reactive ketones (excluding diaryl/α,β-unsaturated/α-hetero) is 1. The Balaban J connectivity index is 2.68. The lowest BCUT2D eigenvalue weighted by Gasteiger charge is -2.16. The first-order valence-electron chi connectivity index (χ1n) is 7.14. The van der Waals surface area contributed by atoms with Crippen molar-refractivity contribution in [3.8, 4) is 11.5 Å². The van der Waals surface area contributed by atoms with E-state index in [1.54, 1.807) is 32.4 Å². The van der Waals surface area contributed by atoms with E-state index in [0.717, 1.165) is 19.5 Å². The summed E-state index contributed by atoms with van der Waals surface area (Å²) in [5, 5.41) is 3.25. The van der Waals surface area contributed by atoms with Crippen LogP contribution in [0.4, 0.5) is 0 Å². The molecule has 0 saturated carbocycles. The largest absolute Gasteiger partial charge is 0.497 e. The molecule has 1 aromatic carbocycles. The van der Waals surface area contributed by atoms with Crippen LogP contribution in [0.1, 0.15) is 23.7 Å². The molecule has 0 heterocycles. The summed E-state index contributed by atoms with van der Waals surface area (Å²) in [4.78, 5) is 14.6. The van der Waals surface area contributed by atoms with Crippen molar-refractivity contribution in [3.63, 3.8) is 0 Å². The van der Waals surface area contributed by atoms with Crippen molar-refractivity contribution in [2.75, 3.05) is 41.4 Å². The van der Waals surface area contributed by atoms with E-state index in [1.807, 2.05) is 21.0 Å². The quantitative estimate of drug-likeness (QED) is 0.556. The van der Waals surface area contributed by atoms with Crippen molar-refractivity contribution >= 4 is 5.78 Å². The van der Waals surface area contributed by atoms with E-state index in [9.17, 15) is 4.79 Å². The summed E-state index contributed by atoms with van der Waals surface area (Å²) in [5.41, 5.74) is 0.546. The predicted octanol–water partition coefficient (Wildman–Crippen LogP) is 1.82. The highest BCUT2D eigenvalue weighted by atomic mass is 16.5. The maximum absolute atomic E-state index is 12.5. The second kappa shape index (κ2) is 8.64. The molecule has 1 unspecified atom stereocenters. The zero-order valence-corrected chi connectivity index (χ0v) is 13.6. The highest BCUT2D eigenvalue weighted by Gasteiger charge is 2.19. The Hall–Kier alpha value is -1.59. The molecule has 5 nitrogen and oxygen atoms in total. The van der Waals surface area contributed by atoms with Crippen LogP contribution in [0.5, 0.6) is 11.5 Å². The Morgan fingerprint density at radius 3 is 2.57 bits per heavy atom. The molecule has 0 fully saturated rings. The second-order valence-corrected chi connectivity index (χ2v) is 5.26. The van der Waals surface area contributed by atoms with E-state index in [0.29, 0.717) is 17.1 Å². The highest BCUT2D eigenvalue weighted by Crippen LogP contribution is 2.25. The Bertz CT molecular complexity index is 461. The molecule has 0 aliphatic rings. The Morgan fingerprint density at radius 1 is 1.29 bits per heavy atom. The maximum atomic E-state index is 12.5. The SMILES string of the molecule is COc1ccc(OC)c(C(=O)C(C)NCCCN(C)C)c1. The van der Waals surface area contributed by atoms with Crippen molar-refractivity contribution in [3.05, 3.63) is 23.8 Å². The summed E-state index contributed by atoms with van der Waals surface area (Å²) >= 11 is 0. The lowest BCUT2D eigenvalue weighted by molar-refractivity contribution is 0.0947. The van der Waals surface area contributed by atoms with E-state index in [4.69, 9.17) is 9.47 Å². The summed E-state index contributed by atoms with van der Waals surface area (Å²) < 4.78 is 10.4. The fourth-order valence-electron chi connectivity index (χ4n) is 2.05. The second-order valence-electron chi connectivity index (χ2n) is 5.26. The Kier molecular flexibility index (Phi) is 7.19. The van der Waals surface area contributed by atoms with Gasteiger partial charge in [0, 0.05) is 0 Å². The third-order valence-corrected chi connectivity index (χ3v) is 3.30. The van der Waals surface area contributed by atoms with Crippen molar-refractivity contribution < 1.29 is 14.3 Å². The van der Waals surface area contributed by atoms with Crippen LogP contribution in [0.2, 0.25) is 0 Å². The summed E-state index contributed by atoms with van der Waals surface area (Å²) in [6, 6.07) is 5.00. The molecule has 0 aromatic heterocycles. The number of hydrogen-bond donors (Lipinski definition) is 1. The van der Waals surface area contributed by atoms with Crippen LogP contribution in [-0.2, 0) is 0 Å². The molecule has 0 bridgehead atoms. The van der Waals surface area contributed by atoms with Gasteiger partial charge >= 0.3 is 0 Å². The number of ether oxygens (including phenoxy) is 2. The molecule has 1 aromatic rings. The molecule has 0 saturated heterocycles. The van der Waals surface area contributed by atoms with Gasteiger partial charge in [0.15, 0.2) is 5.78 Å². The van der Waals surface area contributed by atoms with Gasteiger partial charge in [-0.25, -0.2) is 0 Å². The van der Waals surface area contributed by atoms with Crippen molar-refractivity contribution in [1.29, 1.82) is 0 Å². The minimum Gasteiger partial charge on any atom is -0.497 e. The molecule has 1 N–H and O–H groups in total. The topological polar surface area (TPSA) is 50.8 Å². The van der Waals surface area contributed by atoms with Crippen molar-refractivity contribution in [1.82, 2.24) is 10.2 Å². The van der Waals surface area contributed by atoms with E-state index in [1.165, 1.54) is 0 Å². The van der Waals surface area contributed by atoms with Gasteiger partial charge < -0.3 is 19.7 Å². The first kappa shape index (κ1) is 17.5. The van der Waals surface area contributed by atoms with Gasteiger partial charge in [-0.3, -0.25) is 4.79 Å². The molecule has 0 aliphatic heterocycles. The summed E-state index contributed by atoms with van der Waals surface area (Å²) in [5.74, 6) is 1.23. The minimum atomic E-state index is -0.256. The van der Waals surface area contributed by atoms with Crippen LogP contribution in [0.25, 0.3) is 0 Å². The van der Waals surface area contributed by atoms with Gasteiger partial charge in [-0.1, -0.05) is 0 Å². The third kappa shape index (κ3) is 5.36. The van der Waals surface area contributed by atoms with Gasteiger partial charge in [-0.15, -0.1) is 0 Å². The van der Waals surface area contributed by atoms with E-state index < -0.39 is 0 Å². The highest BCUT2D eigenvalue weighted by molar-refractivity contribution is 6.02. The summed E-state index contributed by atoms with van der Waals surface area (Å²) in [6.07, 6.45) is 1.000. The number of hydrogen-bond acceptors (Lipinski definition) is 5. The van der Waals surface area contributed by atoms with Crippen LogP contribution in [-0.4, -0.2) is 58.1 Å². The Morgan fingerprint density at radius 2 is 2.00 bits per heavy atom. The standard InChI is InChI=1S/C16H26N2O3/c1-12(17-9-6-10-18(2)3)16(19)14-11-13(20-4)7-8-15(14)21-5/h7-8,11-12,17H,6,9-10H2,1-5H3. The first-order chi connectivity index (χ1) is 9.99. The van der Waals surface area contributed by atoms with Crippen LogP contribution >= 0.6 is 0 Å². The summed E-state index contributed by atoms with van der Waals surface area (Å²) in [7, 11) is 7.22. The van der Waals surface area contributed by atoms with Crippen LogP contribution in [0.15, 0.2) is 18.2 Å². The normalized spacial score (nSPS) is 12.3. The monoisotopic (exact) mass is 294 g/mol. The van der Waals surface area contributed by atoms with E-state index in [-0.39, 0.29) is 11.8 Å². The first-order valence-corrected chi connectivity index (χ1v) is 7.14. The number of carbonyl (C=O) groups is 1. The van der Waals surface area contributed by atoms with Gasteiger partial charge in [-0.05, 0) is 58.7 Å². The molecule has 0 radical (unpaired) electrons. The number of nitrogens with one attached hydrogen (secondary N) is 1. The molecule has 1 atom stereocenters. The maximum Gasteiger partial charge on any atom is 0.183 e. The third-order valence-electron chi connectivity index (χ3n) is 3.30. The molecular formula is C16H26N2O3. The Labute approximate surface area is 127 Å². The van der Waals surface area contributed by atoms with Crippen LogP contribution in [0, 0.1) is 0 Å². The minimum absolute atomic E-state index is 0.00982. The average Bonchev–Trinajstić information content (AvgIpc) is 2.49. The zero-order valence-electron chi connectivity index (χ0n) is 13.6. The fourth-order valence-corrected chi connectivity index (χ4v) is 2.05. The molecule has 5 heteroatoms. The van der Waals surface area contributed by atoms with Gasteiger partial charge in [0.2, 0.25) is 0 Å². The molecule has 1 rings (SSSR count). The smallest absolute Gasteiger partial charge is 0.183 e. The number of rotatable bonds is 9. The van der Waals surface area contributed by atoms with Gasteiger partial charge in [0.05, 0.1) is 25.8 Å². The average molecular weight is 294 g/mol. The number of nitrogens with zero attached hydrogens (tertiary/aromatic N) is 1. The van der Waals surface area contributed by atoms with Crippen molar-refractivity contribution in [2.45, 2.75) is 19.4 Å². The summed E-state index contributed by atoms with van der Waals surface area (Å²) in [6.45, 7) is 3.67. The number of benzene rings is 1. The lowest BCUT2D eigenvalue weighted by atomic mass is 10.0. The molecule has 0 amide bonds. The van der Waals surface area contributed by atoms with Gasteiger partial charge in [0.25, 0.3) is 0 Å². The molecule has 0 spiro atoms. The zero-order chi connectivity index (χ0) is 15.8. The van der Waals surface area contributed by atoms with Crippen LogP contribution < -0.4 is 14.8 Å². The van der Waals surface area contributed by atoms with E-state index >= 15 is 0 Å². The molecule has 0 aliphatic carbocycles. The number of carbonyl (C=O) groups excluding carboxylic acids is 1. The lowest BCUT2D eigenvalue weighted by Crippen LogP contribution is -2.35. The number of methoxy groups -OCH3 is 2. The van der Waals surface area contributed by atoms with Gasteiger partial charge in [-0.2, -0.15) is 0 Å². The molecular weight excluding hydrogens is 268 g/mol. The van der Waals surface area contributed by atoms with Crippen molar-refractivity contribution in [2.24, 2.45) is 0 Å². The molecule has 21 heavy (non-hydrogen) atoms. The number of ketones is 1. The van der Waals surface area contributed by atoms with Gasteiger partial charge in [0.1, 0.15) is 11.5 Å². The molecule has 118 valence electrons. The van der Waals surface area contributed by atoms with E-state index in [2.05, 4.69) is 10.2 Å². The fraction of sp³-hybridized carbons (Fsp3) is 0.562.